The average Bonchev–Trinajstić information content (AvgIpc) is 2.68. The Kier molecular flexibility index (Phi) is 5.87. The van der Waals surface area contributed by atoms with Gasteiger partial charge in [-0.1, -0.05) is 47.5 Å². The van der Waals surface area contributed by atoms with Gasteiger partial charge >= 0.3 is 0 Å². The van der Waals surface area contributed by atoms with Crippen LogP contribution < -0.4 is 10.6 Å². The number of carbonyl (C=O) groups is 2. The highest BCUT2D eigenvalue weighted by Crippen LogP contribution is 2.30. The van der Waals surface area contributed by atoms with Gasteiger partial charge in [0, 0.05) is 11.6 Å². The molecule has 0 spiro atoms. The first kappa shape index (κ1) is 20.1. The van der Waals surface area contributed by atoms with Crippen molar-refractivity contribution in [1.29, 1.82) is 0 Å². The Bertz CT molecular complexity index is 1050. The molecule has 0 saturated heterocycles. The van der Waals surface area contributed by atoms with Gasteiger partial charge in [-0.3, -0.25) is 14.6 Å². The van der Waals surface area contributed by atoms with Crippen molar-refractivity contribution in [3.63, 3.8) is 0 Å². The van der Waals surface area contributed by atoms with Crippen LogP contribution >= 0.6 is 23.2 Å². The van der Waals surface area contributed by atoms with Crippen molar-refractivity contribution in [3.8, 4) is 0 Å². The van der Waals surface area contributed by atoms with Crippen LogP contribution in [0.25, 0.3) is 10.9 Å². The predicted octanol–water partition coefficient (Wildman–Crippen LogP) is 4.57. The number of rotatable bonds is 5. The van der Waals surface area contributed by atoms with Gasteiger partial charge in [0.15, 0.2) is 0 Å². The zero-order valence-electron chi connectivity index (χ0n) is 15.4. The summed E-state index contributed by atoms with van der Waals surface area (Å²) in [4.78, 5) is 29.3. The lowest BCUT2D eigenvalue weighted by Crippen LogP contribution is -2.43. The van der Waals surface area contributed by atoms with Gasteiger partial charge in [-0.05, 0) is 43.7 Å². The summed E-state index contributed by atoms with van der Waals surface area (Å²) in [6.07, 6.45) is 1.67. The number of fused-ring (bicyclic) bond motifs is 1. The minimum atomic E-state index is -0.879. The van der Waals surface area contributed by atoms with Crippen molar-refractivity contribution in [2.45, 2.75) is 19.3 Å². The molecule has 2 amide bonds. The summed E-state index contributed by atoms with van der Waals surface area (Å²) in [5.74, 6) is -0.631. The first-order valence-corrected chi connectivity index (χ1v) is 9.42. The number of anilines is 1. The molecule has 0 aliphatic heterocycles. The minimum absolute atomic E-state index is 0.160. The number of nitrogens with zero attached hydrogens (tertiary/aromatic N) is 1. The third-order valence-electron chi connectivity index (χ3n) is 4.53. The Hall–Kier alpha value is -2.63. The smallest absolute Gasteiger partial charge is 0.243 e. The standard InChI is InChI=1S/C21H19Cl2N3O2/c1-21(2,14-8-9-15(22)16(23)11-14)20(28)25-12-18(27)26-17-7-3-5-13-6-4-10-24-19(13)17/h3-11H,12H2,1-2H3,(H,25,28)(H,26,27). The maximum Gasteiger partial charge on any atom is 0.243 e. The molecule has 3 rings (SSSR count). The normalized spacial score (nSPS) is 11.3. The van der Waals surface area contributed by atoms with Crippen LogP contribution in [0, 0.1) is 0 Å². The zero-order valence-corrected chi connectivity index (χ0v) is 16.9. The quantitative estimate of drug-likeness (QED) is 0.640. The molecule has 0 unspecified atom stereocenters. The molecule has 2 aromatic carbocycles. The monoisotopic (exact) mass is 415 g/mol. The maximum absolute atomic E-state index is 12.7. The number of para-hydroxylation sites is 1. The number of hydrogen-bond donors (Lipinski definition) is 2. The second-order valence-electron chi connectivity index (χ2n) is 6.87. The molecule has 0 bridgehead atoms. The second kappa shape index (κ2) is 8.17. The van der Waals surface area contributed by atoms with Crippen LogP contribution in [0.4, 0.5) is 5.69 Å². The zero-order chi connectivity index (χ0) is 20.3. The lowest BCUT2D eigenvalue weighted by molar-refractivity contribution is -0.127. The Morgan fingerprint density at radius 1 is 1.04 bits per heavy atom. The molecule has 3 aromatic rings. The third-order valence-corrected chi connectivity index (χ3v) is 5.26. The van der Waals surface area contributed by atoms with Gasteiger partial charge in [0.2, 0.25) is 11.8 Å². The summed E-state index contributed by atoms with van der Waals surface area (Å²) in [6.45, 7) is 3.36. The van der Waals surface area contributed by atoms with Crippen LogP contribution in [-0.4, -0.2) is 23.3 Å². The first-order valence-electron chi connectivity index (χ1n) is 8.66. The van der Waals surface area contributed by atoms with E-state index in [-0.39, 0.29) is 18.4 Å². The van der Waals surface area contributed by atoms with Gasteiger partial charge in [0.1, 0.15) is 0 Å². The molecule has 28 heavy (non-hydrogen) atoms. The van der Waals surface area contributed by atoms with E-state index in [1.807, 2.05) is 24.3 Å². The van der Waals surface area contributed by atoms with E-state index in [4.69, 9.17) is 23.2 Å². The summed E-state index contributed by atoms with van der Waals surface area (Å²) < 4.78 is 0. The van der Waals surface area contributed by atoms with Crippen molar-refractivity contribution < 1.29 is 9.59 Å². The highest BCUT2D eigenvalue weighted by Gasteiger charge is 2.30. The Labute approximate surface area is 173 Å². The van der Waals surface area contributed by atoms with Gasteiger partial charge < -0.3 is 10.6 Å². The fraction of sp³-hybridized carbons (Fsp3) is 0.190. The first-order chi connectivity index (χ1) is 13.3. The lowest BCUT2D eigenvalue weighted by atomic mass is 9.84. The van der Waals surface area contributed by atoms with E-state index in [0.29, 0.717) is 26.8 Å². The summed E-state index contributed by atoms with van der Waals surface area (Å²) in [5.41, 5.74) is 1.12. The molecule has 1 aromatic heterocycles. The maximum atomic E-state index is 12.7. The fourth-order valence-corrected chi connectivity index (χ4v) is 3.10. The van der Waals surface area contributed by atoms with E-state index in [1.54, 1.807) is 44.3 Å². The van der Waals surface area contributed by atoms with Crippen LogP contribution in [-0.2, 0) is 15.0 Å². The molecule has 0 radical (unpaired) electrons. The molecule has 2 N–H and O–H groups in total. The summed E-state index contributed by atoms with van der Waals surface area (Å²) in [5, 5.41) is 7.19. The van der Waals surface area contributed by atoms with E-state index in [9.17, 15) is 9.59 Å². The Balaban J connectivity index is 1.66. The number of amides is 2. The molecule has 0 saturated carbocycles. The molecule has 7 heteroatoms. The highest BCUT2D eigenvalue weighted by molar-refractivity contribution is 6.42. The topological polar surface area (TPSA) is 71.1 Å². The molecular weight excluding hydrogens is 397 g/mol. The van der Waals surface area contributed by atoms with Crippen molar-refractivity contribution in [2.24, 2.45) is 0 Å². The minimum Gasteiger partial charge on any atom is -0.346 e. The summed E-state index contributed by atoms with van der Waals surface area (Å²) in [7, 11) is 0. The average molecular weight is 416 g/mol. The van der Waals surface area contributed by atoms with Crippen LogP contribution in [0.3, 0.4) is 0 Å². The van der Waals surface area contributed by atoms with E-state index in [2.05, 4.69) is 15.6 Å². The highest BCUT2D eigenvalue weighted by atomic mass is 35.5. The van der Waals surface area contributed by atoms with Crippen molar-refractivity contribution in [3.05, 3.63) is 70.3 Å². The predicted molar refractivity (Wildman–Crippen MR) is 113 cm³/mol. The number of nitrogens with one attached hydrogen (secondary N) is 2. The van der Waals surface area contributed by atoms with Gasteiger partial charge in [0.25, 0.3) is 0 Å². The fourth-order valence-electron chi connectivity index (χ4n) is 2.80. The SMILES string of the molecule is CC(C)(C(=O)NCC(=O)Nc1cccc2cccnc12)c1ccc(Cl)c(Cl)c1. The molecule has 0 fully saturated rings. The molecule has 0 aliphatic carbocycles. The summed E-state index contributed by atoms with van der Waals surface area (Å²) >= 11 is 12.0. The van der Waals surface area contributed by atoms with Crippen LogP contribution in [0.5, 0.6) is 0 Å². The summed E-state index contributed by atoms with van der Waals surface area (Å²) in [6, 6.07) is 14.3. The van der Waals surface area contributed by atoms with Crippen molar-refractivity contribution in [2.75, 3.05) is 11.9 Å². The van der Waals surface area contributed by atoms with Gasteiger partial charge in [0.05, 0.1) is 33.2 Å². The molecule has 1 heterocycles. The number of aromatic nitrogens is 1. The second-order valence-corrected chi connectivity index (χ2v) is 7.68. The van der Waals surface area contributed by atoms with E-state index in [0.717, 1.165) is 5.39 Å². The lowest BCUT2D eigenvalue weighted by Gasteiger charge is -2.24. The number of halogens is 2. The molecule has 0 atom stereocenters. The number of benzene rings is 2. The number of carbonyl (C=O) groups excluding carboxylic acids is 2. The molecular formula is C21H19Cl2N3O2. The van der Waals surface area contributed by atoms with E-state index in [1.165, 1.54) is 0 Å². The van der Waals surface area contributed by atoms with E-state index < -0.39 is 5.41 Å². The molecule has 5 nitrogen and oxygen atoms in total. The Morgan fingerprint density at radius 2 is 1.79 bits per heavy atom. The molecule has 144 valence electrons. The van der Waals surface area contributed by atoms with Crippen LogP contribution in [0.2, 0.25) is 10.0 Å². The van der Waals surface area contributed by atoms with Gasteiger partial charge in [-0.2, -0.15) is 0 Å². The van der Waals surface area contributed by atoms with E-state index >= 15 is 0 Å². The van der Waals surface area contributed by atoms with Gasteiger partial charge in [-0.25, -0.2) is 0 Å². The van der Waals surface area contributed by atoms with Crippen LogP contribution in [0.15, 0.2) is 54.7 Å². The van der Waals surface area contributed by atoms with Gasteiger partial charge in [-0.15, -0.1) is 0 Å². The Morgan fingerprint density at radius 3 is 2.54 bits per heavy atom. The largest absolute Gasteiger partial charge is 0.346 e. The number of pyridine rings is 1. The van der Waals surface area contributed by atoms with Crippen molar-refractivity contribution >= 4 is 51.6 Å². The molecule has 0 aliphatic rings. The third kappa shape index (κ3) is 4.26. The number of hydrogen-bond acceptors (Lipinski definition) is 3. The van der Waals surface area contributed by atoms with Crippen molar-refractivity contribution in [1.82, 2.24) is 10.3 Å². The van der Waals surface area contributed by atoms with Crippen LogP contribution in [0.1, 0.15) is 19.4 Å².